The Labute approximate surface area is 254 Å². The van der Waals surface area contributed by atoms with Crippen LogP contribution in [0.15, 0.2) is 91.3 Å². The molecule has 10 heteroatoms. The van der Waals surface area contributed by atoms with E-state index in [1.54, 1.807) is 0 Å². The molecule has 6 aromatic rings. The summed E-state index contributed by atoms with van der Waals surface area (Å²) >= 11 is 0. The van der Waals surface area contributed by atoms with Crippen LogP contribution in [-0.2, 0) is 17.1 Å². The predicted octanol–water partition coefficient (Wildman–Crippen LogP) is 5.35. The number of benzene rings is 2. The van der Waals surface area contributed by atoms with E-state index in [1.807, 2.05) is 36.7 Å². The molecular weight excluding hydrogens is 574 g/mol. The van der Waals surface area contributed by atoms with Gasteiger partial charge in [-0.25, -0.2) is 14.6 Å². The summed E-state index contributed by atoms with van der Waals surface area (Å²) in [6.07, 6.45) is 3.78. The Morgan fingerprint density at radius 1 is 0.667 bits per heavy atom. The average molecular weight is 603 g/mol. The van der Waals surface area contributed by atoms with E-state index < -0.39 is 0 Å². The molecule has 0 bridgehead atoms. The van der Waals surface area contributed by atoms with Crippen LogP contribution < -0.4 is 19.7 Å². The molecule has 0 N–H and O–H groups in total. The van der Waals surface area contributed by atoms with Crippen LogP contribution in [0.5, 0.6) is 0 Å². The molecule has 0 spiro atoms. The van der Waals surface area contributed by atoms with E-state index in [-0.39, 0.29) is 17.1 Å². The van der Waals surface area contributed by atoms with Gasteiger partial charge in [0.1, 0.15) is 11.6 Å². The van der Waals surface area contributed by atoms with Crippen LogP contribution >= 0.6 is 0 Å². The van der Waals surface area contributed by atoms with Crippen LogP contribution in [0.1, 0.15) is 0 Å². The van der Waals surface area contributed by atoms with Crippen LogP contribution in [-0.4, -0.2) is 64.9 Å². The monoisotopic (exact) mass is 602 g/mol. The van der Waals surface area contributed by atoms with Crippen molar-refractivity contribution >= 4 is 50.9 Å². The third kappa shape index (κ3) is 4.14. The minimum Gasteiger partial charge on any atom is -0.355 e. The van der Waals surface area contributed by atoms with Gasteiger partial charge in [0, 0.05) is 79.5 Å². The Morgan fingerprint density at radius 2 is 1.48 bits per heavy atom. The quantitative estimate of drug-likeness (QED) is 0.251. The number of aromatic nitrogens is 5. The van der Waals surface area contributed by atoms with Gasteiger partial charge in [-0.1, -0.05) is 48.5 Å². The summed E-state index contributed by atoms with van der Waals surface area (Å²) in [7, 11) is 4.25. The molecular formula is C32H29CuN9. The van der Waals surface area contributed by atoms with Gasteiger partial charge in [-0.3, -0.25) is 9.88 Å². The number of fused-ring (bicyclic) bond motifs is 5. The van der Waals surface area contributed by atoms with E-state index >= 15 is 0 Å². The average Bonchev–Trinajstić information content (AvgIpc) is 3.43. The zero-order valence-electron chi connectivity index (χ0n) is 23.3. The second kappa shape index (κ2) is 10.3. The third-order valence-corrected chi connectivity index (χ3v) is 8.12. The van der Waals surface area contributed by atoms with Crippen LogP contribution in [0, 0.1) is 0 Å². The second-order valence-electron chi connectivity index (χ2n) is 10.6. The summed E-state index contributed by atoms with van der Waals surface area (Å²) in [4.78, 5) is 26.7. The van der Waals surface area contributed by atoms with E-state index in [0.29, 0.717) is 0 Å². The van der Waals surface area contributed by atoms with Gasteiger partial charge in [0.25, 0.3) is 0 Å². The van der Waals surface area contributed by atoms with E-state index in [9.17, 15) is 0 Å². The van der Waals surface area contributed by atoms with Crippen molar-refractivity contribution in [3.05, 3.63) is 91.3 Å². The Morgan fingerprint density at radius 3 is 2.33 bits per heavy atom. The van der Waals surface area contributed by atoms with E-state index in [2.05, 4.69) is 98.1 Å². The molecule has 0 saturated carbocycles. The summed E-state index contributed by atoms with van der Waals surface area (Å²) in [5.74, 6) is 4.60. The van der Waals surface area contributed by atoms with Crippen molar-refractivity contribution in [1.82, 2.24) is 24.6 Å². The molecule has 0 aliphatic carbocycles. The van der Waals surface area contributed by atoms with E-state index in [1.165, 1.54) is 5.39 Å². The van der Waals surface area contributed by atoms with Crippen molar-refractivity contribution in [3.8, 4) is 11.3 Å². The number of likely N-dealkylation sites (N-methyl/N-ethyl adjacent to an activating group) is 2. The van der Waals surface area contributed by atoms with Crippen molar-refractivity contribution in [3.63, 3.8) is 0 Å². The van der Waals surface area contributed by atoms with Crippen LogP contribution in [0.3, 0.4) is 0 Å². The van der Waals surface area contributed by atoms with Crippen molar-refractivity contribution in [2.75, 3.05) is 60.0 Å². The molecule has 0 unspecified atom stereocenters. The van der Waals surface area contributed by atoms with Gasteiger partial charge in [-0.2, -0.15) is 4.98 Å². The number of para-hydroxylation sites is 1. The molecule has 42 heavy (non-hydrogen) atoms. The minimum absolute atomic E-state index is 0. The first kappa shape index (κ1) is 26.3. The number of imidazole rings is 1. The van der Waals surface area contributed by atoms with Crippen molar-refractivity contribution in [2.24, 2.45) is 0 Å². The molecule has 2 aromatic carbocycles. The summed E-state index contributed by atoms with van der Waals surface area (Å²) < 4.78 is 2.22. The van der Waals surface area contributed by atoms with Gasteiger partial charge in [0.2, 0.25) is 5.95 Å². The number of anilines is 5. The molecule has 2 aliphatic heterocycles. The molecule has 0 amide bonds. The topological polar surface area (TPSA) is 69.5 Å². The summed E-state index contributed by atoms with van der Waals surface area (Å²) in [5, 5.41) is 5.61. The largest absolute Gasteiger partial charge is 0.355 e. The number of pyridine rings is 3. The molecule has 8 rings (SSSR count). The maximum absolute atomic E-state index is 5.26. The Bertz CT molecular complexity index is 1920. The fourth-order valence-corrected chi connectivity index (χ4v) is 5.97. The zero-order valence-corrected chi connectivity index (χ0v) is 24.3. The number of nitrogens with zero attached hydrogens (tertiary/aromatic N) is 9. The molecule has 213 valence electrons. The van der Waals surface area contributed by atoms with Gasteiger partial charge >= 0.3 is 0 Å². The number of hydrogen-bond acceptors (Lipinski definition) is 8. The normalized spacial score (nSPS) is 14.6. The van der Waals surface area contributed by atoms with Crippen LogP contribution in [0.2, 0.25) is 0 Å². The van der Waals surface area contributed by atoms with Crippen molar-refractivity contribution in [2.45, 2.75) is 0 Å². The standard InChI is InChI=1S/C32H29N9.Cu/c1-37-16-18-39(27-12-5-6-15-33-27)30-31(37)41-32(36-30)40(19-17-38(41)2)28-14-13-22-10-7-11-25(29(22)35-28)26-20-23-8-3-4-9-24(23)21-34-26;/h3-15,20-21H,16-19H2,1-2H3;. The van der Waals surface area contributed by atoms with E-state index in [4.69, 9.17) is 15.0 Å². The van der Waals surface area contributed by atoms with E-state index in [0.717, 1.165) is 82.9 Å². The van der Waals surface area contributed by atoms with Gasteiger partial charge in [0.15, 0.2) is 11.6 Å². The first-order valence-corrected chi connectivity index (χ1v) is 13.9. The molecule has 4 aromatic heterocycles. The molecule has 0 saturated heterocycles. The summed E-state index contributed by atoms with van der Waals surface area (Å²) in [5.41, 5.74) is 2.87. The minimum atomic E-state index is 0. The second-order valence-corrected chi connectivity index (χ2v) is 10.6. The fourth-order valence-electron chi connectivity index (χ4n) is 5.97. The summed E-state index contributed by atoms with van der Waals surface area (Å²) in [6.45, 7) is 3.30. The third-order valence-electron chi connectivity index (χ3n) is 8.12. The SMILES string of the molecule is CN1CCN(c2ccccn2)c2nc3n(c21)N(C)CCN3c1ccc2cccc(-c3cc4ccccc4cn3)c2n1.[Cu]. The molecule has 1 radical (unpaired) electrons. The van der Waals surface area contributed by atoms with Gasteiger partial charge in [-0.05, 0) is 35.7 Å². The van der Waals surface area contributed by atoms with Crippen molar-refractivity contribution < 1.29 is 17.1 Å². The number of hydrogen-bond donors (Lipinski definition) is 0. The molecule has 0 fully saturated rings. The van der Waals surface area contributed by atoms with Crippen LogP contribution in [0.25, 0.3) is 32.9 Å². The number of rotatable bonds is 3. The summed E-state index contributed by atoms with van der Waals surface area (Å²) in [6, 6.07) is 27.0. The van der Waals surface area contributed by atoms with Gasteiger partial charge in [-0.15, -0.1) is 0 Å². The zero-order chi connectivity index (χ0) is 27.5. The predicted molar refractivity (Wildman–Crippen MR) is 165 cm³/mol. The smallest absolute Gasteiger partial charge is 0.234 e. The first-order chi connectivity index (χ1) is 20.2. The van der Waals surface area contributed by atoms with Gasteiger partial charge in [0.05, 0.1) is 17.8 Å². The fraction of sp³-hybridized carbons (Fsp3) is 0.188. The first-order valence-electron chi connectivity index (χ1n) is 13.9. The van der Waals surface area contributed by atoms with Gasteiger partial charge < -0.3 is 14.8 Å². The molecule has 6 heterocycles. The maximum atomic E-state index is 5.26. The molecule has 9 nitrogen and oxygen atoms in total. The maximum Gasteiger partial charge on any atom is 0.234 e. The Hall–Kier alpha value is -4.66. The Kier molecular flexibility index (Phi) is 6.45. The molecule has 0 atom stereocenters. The molecule has 2 aliphatic rings. The Balaban J connectivity index is 0.00000288. The van der Waals surface area contributed by atoms with Crippen molar-refractivity contribution in [1.29, 1.82) is 0 Å². The van der Waals surface area contributed by atoms with Crippen LogP contribution in [0.4, 0.5) is 29.2 Å².